The van der Waals surface area contributed by atoms with E-state index >= 15 is 0 Å². The maximum absolute atomic E-state index is 13.7. The highest BCUT2D eigenvalue weighted by molar-refractivity contribution is 5.76. The Bertz CT molecular complexity index is 947. The number of hydrogen-bond donors (Lipinski definition) is 0. The summed E-state index contributed by atoms with van der Waals surface area (Å²) in [5.41, 5.74) is 3.00. The standard InChI is InChI=1S/C29H46FN5O/c1-6-9-10-11-12-28(36)34(17-7-2)22-26-27(8-3)31-35(25-15-13-24(30)14-16-25)29(26)33-20-18-32(19-21-33)23(4)5/h13-16,23H,6-12,17-22H2,1-5H3. The van der Waals surface area contributed by atoms with Crippen LogP contribution in [0.3, 0.4) is 0 Å². The maximum atomic E-state index is 13.7. The van der Waals surface area contributed by atoms with Crippen molar-refractivity contribution in [3.63, 3.8) is 0 Å². The van der Waals surface area contributed by atoms with Crippen molar-refractivity contribution < 1.29 is 9.18 Å². The van der Waals surface area contributed by atoms with Crippen LogP contribution < -0.4 is 4.90 Å². The highest BCUT2D eigenvalue weighted by Crippen LogP contribution is 2.31. The highest BCUT2D eigenvalue weighted by atomic mass is 19.1. The van der Waals surface area contributed by atoms with Crippen LogP contribution in [0, 0.1) is 5.82 Å². The molecule has 0 aliphatic carbocycles. The topological polar surface area (TPSA) is 44.6 Å². The number of carbonyl (C=O) groups is 1. The summed E-state index contributed by atoms with van der Waals surface area (Å²) in [6, 6.07) is 7.09. The van der Waals surface area contributed by atoms with Crippen LogP contribution in [0.25, 0.3) is 5.69 Å². The largest absolute Gasteiger partial charge is 0.354 e. The number of carbonyl (C=O) groups excluding carboxylic acids is 1. The lowest BCUT2D eigenvalue weighted by atomic mass is 10.1. The predicted octanol–water partition coefficient (Wildman–Crippen LogP) is 5.81. The summed E-state index contributed by atoms with van der Waals surface area (Å²) in [5, 5.41) is 5.02. The summed E-state index contributed by atoms with van der Waals surface area (Å²) in [7, 11) is 0. The Labute approximate surface area is 217 Å². The quantitative estimate of drug-likeness (QED) is 0.326. The number of nitrogens with zero attached hydrogens (tertiary/aromatic N) is 5. The molecule has 1 saturated heterocycles. The van der Waals surface area contributed by atoms with E-state index in [0.29, 0.717) is 19.0 Å². The van der Waals surface area contributed by atoms with Gasteiger partial charge < -0.3 is 9.80 Å². The lowest BCUT2D eigenvalue weighted by molar-refractivity contribution is -0.132. The van der Waals surface area contributed by atoms with E-state index in [9.17, 15) is 9.18 Å². The van der Waals surface area contributed by atoms with Crippen molar-refractivity contribution in [1.82, 2.24) is 19.6 Å². The number of aromatic nitrogens is 2. The van der Waals surface area contributed by atoms with Gasteiger partial charge in [0.1, 0.15) is 11.6 Å². The average Bonchev–Trinajstić information content (AvgIpc) is 3.24. The van der Waals surface area contributed by atoms with E-state index in [2.05, 4.69) is 44.4 Å². The zero-order valence-corrected chi connectivity index (χ0v) is 23.1. The molecule has 36 heavy (non-hydrogen) atoms. The van der Waals surface area contributed by atoms with Gasteiger partial charge in [0.2, 0.25) is 5.91 Å². The van der Waals surface area contributed by atoms with E-state index in [4.69, 9.17) is 5.10 Å². The molecular formula is C29H46FN5O. The third-order valence-corrected chi connectivity index (χ3v) is 7.23. The zero-order valence-electron chi connectivity index (χ0n) is 23.1. The van der Waals surface area contributed by atoms with Crippen molar-refractivity contribution in [2.45, 2.75) is 92.2 Å². The summed E-state index contributed by atoms with van der Waals surface area (Å²) >= 11 is 0. The molecule has 1 aromatic carbocycles. The molecule has 0 N–H and O–H groups in total. The van der Waals surface area contributed by atoms with Gasteiger partial charge in [-0.15, -0.1) is 0 Å². The molecule has 0 spiro atoms. The fourth-order valence-electron chi connectivity index (χ4n) is 5.08. The SMILES string of the molecule is CCCCCCC(=O)N(CCC)Cc1c(CC)nn(-c2ccc(F)cc2)c1N1CCN(C(C)C)CC1. The van der Waals surface area contributed by atoms with Crippen LogP contribution in [0.4, 0.5) is 10.2 Å². The Kier molecular flexibility index (Phi) is 10.8. The van der Waals surface area contributed by atoms with Crippen molar-refractivity contribution in [2.75, 3.05) is 37.6 Å². The summed E-state index contributed by atoms with van der Waals surface area (Å²) in [4.78, 5) is 20.2. The van der Waals surface area contributed by atoms with Crippen molar-refractivity contribution in [3.05, 3.63) is 41.3 Å². The summed E-state index contributed by atoms with van der Waals surface area (Å²) in [6.45, 7) is 16.0. The zero-order chi connectivity index (χ0) is 26.1. The number of aryl methyl sites for hydroxylation is 1. The van der Waals surface area contributed by atoms with Gasteiger partial charge in [-0.2, -0.15) is 5.10 Å². The Balaban J connectivity index is 1.96. The maximum Gasteiger partial charge on any atom is 0.222 e. The summed E-state index contributed by atoms with van der Waals surface area (Å²) in [5.74, 6) is 1.04. The Morgan fingerprint density at radius 2 is 1.69 bits per heavy atom. The molecular weight excluding hydrogens is 453 g/mol. The van der Waals surface area contributed by atoms with Gasteiger partial charge in [0.25, 0.3) is 0 Å². The number of benzene rings is 1. The molecule has 6 nitrogen and oxygen atoms in total. The van der Waals surface area contributed by atoms with Crippen molar-refractivity contribution >= 4 is 11.7 Å². The van der Waals surface area contributed by atoms with E-state index < -0.39 is 0 Å². The second-order valence-electron chi connectivity index (χ2n) is 10.2. The first-order chi connectivity index (χ1) is 17.4. The van der Waals surface area contributed by atoms with Gasteiger partial charge in [0.05, 0.1) is 17.9 Å². The van der Waals surface area contributed by atoms with E-state index in [1.807, 2.05) is 9.58 Å². The average molecular weight is 500 g/mol. The normalized spacial score (nSPS) is 14.6. The van der Waals surface area contributed by atoms with E-state index in [-0.39, 0.29) is 11.7 Å². The first-order valence-corrected chi connectivity index (χ1v) is 14.0. The lowest BCUT2D eigenvalue weighted by Crippen LogP contribution is -2.49. The number of unbranched alkanes of at least 4 members (excludes halogenated alkanes) is 3. The molecule has 1 aromatic heterocycles. The number of piperazine rings is 1. The third kappa shape index (κ3) is 7.09. The van der Waals surface area contributed by atoms with E-state index in [1.165, 1.54) is 25.0 Å². The fraction of sp³-hybridized carbons (Fsp3) is 0.655. The molecule has 0 atom stereocenters. The predicted molar refractivity (Wildman–Crippen MR) is 146 cm³/mol. The van der Waals surface area contributed by atoms with Gasteiger partial charge in [-0.1, -0.05) is 40.0 Å². The second kappa shape index (κ2) is 13.8. The smallest absolute Gasteiger partial charge is 0.222 e. The molecule has 0 bridgehead atoms. The van der Waals surface area contributed by atoms with Gasteiger partial charge >= 0.3 is 0 Å². The Morgan fingerprint density at radius 1 is 1.00 bits per heavy atom. The van der Waals surface area contributed by atoms with Gasteiger partial charge in [-0.25, -0.2) is 9.07 Å². The van der Waals surface area contributed by atoms with E-state index in [0.717, 1.165) is 81.2 Å². The molecule has 0 radical (unpaired) electrons. The van der Waals surface area contributed by atoms with Crippen LogP contribution in [0.15, 0.2) is 24.3 Å². The fourth-order valence-corrected chi connectivity index (χ4v) is 5.08. The molecule has 2 heterocycles. The first-order valence-electron chi connectivity index (χ1n) is 14.0. The van der Waals surface area contributed by atoms with Gasteiger partial charge in [0, 0.05) is 50.7 Å². The molecule has 3 rings (SSSR count). The monoisotopic (exact) mass is 499 g/mol. The second-order valence-corrected chi connectivity index (χ2v) is 10.2. The van der Waals surface area contributed by atoms with E-state index in [1.54, 1.807) is 12.1 Å². The number of halogens is 1. The Morgan fingerprint density at radius 3 is 2.28 bits per heavy atom. The number of hydrogen-bond acceptors (Lipinski definition) is 4. The van der Waals surface area contributed by atoms with Crippen LogP contribution in [0.5, 0.6) is 0 Å². The molecule has 0 unspecified atom stereocenters. The van der Waals surface area contributed by atoms with Gasteiger partial charge in [-0.05, 0) is 57.4 Å². The molecule has 200 valence electrons. The third-order valence-electron chi connectivity index (χ3n) is 7.23. The molecule has 1 aliphatic rings. The lowest BCUT2D eigenvalue weighted by Gasteiger charge is -2.38. The molecule has 1 amide bonds. The van der Waals surface area contributed by atoms with Crippen LogP contribution in [0.2, 0.25) is 0 Å². The van der Waals surface area contributed by atoms with Gasteiger partial charge in [0.15, 0.2) is 0 Å². The van der Waals surface area contributed by atoms with Crippen LogP contribution in [-0.2, 0) is 17.8 Å². The minimum Gasteiger partial charge on any atom is -0.354 e. The van der Waals surface area contributed by atoms with Crippen molar-refractivity contribution in [3.8, 4) is 5.69 Å². The van der Waals surface area contributed by atoms with Crippen LogP contribution in [0.1, 0.15) is 84.4 Å². The minimum absolute atomic E-state index is 0.236. The summed E-state index contributed by atoms with van der Waals surface area (Å²) < 4.78 is 15.7. The van der Waals surface area contributed by atoms with Crippen LogP contribution >= 0.6 is 0 Å². The van der Waals surface area contributed by atoms with Crippen molar-refractivity contribution in [2.24, 2.45) is 0 Å². The first kappa shape index (κ1) is 28.2. The molecule has 7 heteroatoms. The number of anilines is 1. The minimum atomic E-state index is -0.253. The molecule has 1 aliphatic heterocycles. The Hall–Kier alpha value is -2.41. The summed E-state index contributed by atoms with van der Waals surface area (Å²) in [6.07, 6.45) is 6.73. The number of rotatable bonds is 13. The van der Waals surface area contributed by atoms with Crippen molar-refractivity contribution in [1.29, 1.82) is 0 Å². The molecule has 2 aromatic rings. The van der Waals surface area contributed by atoms with Crippen LogP contribution in [-0.4, -0.2) is 64.3 Å². The molecule has 0 saturated carbocycles. The van der Waals surface area contributed by atoms with Gasteiger partial charge in [-0.3, -0.25) is 9.69 Å². The highest BCUT2D eigenvalue weighted by Gasteiger charge is 2.28. The number of amides is 1. The molecule has 1 fully saturated rings.